The maximum Gasteiger partial charge on any atom is 0.407 e. The van der Waals surface area contributed by atoms with Crippen LogP contribution in [0.5, 0.6) is 0 Å². The minimum absolute atomic E-state index is 0.0101. The number of ether oxygens (including phenoxy) is 2. The van der Waals surface area contributed by atoms with Gasteiger partial charge in [-0.15, -0.1) is 0 Å². The molecule has 28 heavy (non-hydrogen) atoms. The highest BCUT2D eigenvalue weighted by atomic mass is 16.5. The topological polar surface area (TPSA) is 82.5 Å². The lowest BCUT2D eigenvalue weighted by atomic mass is 9.89. The van der Waals surface area contributed by atoms with Crippen molar-refractivity contribution in [1.29, 1.82) is 0 Å². The Kier molecular flexibility index (Phi) is 6.68. The lowest BCUT2D eigenvalue weighted by Gasteiger charge is -2.33. The molecule has 7 heteroatoms. The van der Waals surface area contributed by atoms with Gasteiger partial charge in [-0.25, -0.2) is 14.6 Å². The van der Waals surface area contributed by atoms with Crippen LogP contribution in [-0.4, -0.2) is 40.9 Å². The third-order valence-electron chi connectivity index (χ3n) is 4.98. The average molecular weight is 385 g/mol. The van der Waals surface area contributed by atoms with Gasteiger partial charge in [0, 0.05) is 5.56 Å². The van der Waals surface area contributed by atoms with Crippen molar-refractivity contribution in [1.82, 2.24) is 14.9 Å². The minimum atomic E-state index is -0.439. The maximum absolute atomic E-state index is 12.5. The number of hydrogen-bond acceptors (Lipinski definition) is 5. The van der Waals surface area contributed by atoms with Crippen molar-refractivity contribution in [2.75, 3.05) is 13.2 Å². The summed E-state index contributed by atoms with van der Waals surface area (Å²) >= 11 is 0. The highest BCUT2D eigenvalue weighted by Gasteiger charge is 2.32. The zero-order valence-electron chi connectivity index (χ0n) is 16.4. The summed E-state index contributed by atoms with van der Waals surface area (Å²) in [7, 11) is 0. The normalized spacial score (nSPS) is 19.1. The van der Waals surface area contributed by atoms with Gasteiger partial charge in [-0.3, -0.25) is 0 Å². The molecule has 1 N–H and O–H groups in total. The Labute approximate surface area is 165 Å². The highest BCUT2D eigenvalue weighted by Crippen LogP contribution is 2.34. The van der Waals surface area contributed by atoms with E-state index >= 15 is 0 Å². The van der Waals surface area contributed by atoms with Crippen molar-refractivity contribution in [2.24, 2.45) is 0 Å². The van der Waals surface area contributed by atoms with E-state index in [2.05, 4.69) is 10.3 Å². The number of benzene rings is 1. The number of alkyl carbamates (subject to hydrolysis) is 1. The van der Waals surface area contributed by atoms with Crippen LogP contribution in [0, 0.1) is 0 Å². The molecule has 0 spiro atoms. The van der Waals surface area contributed by atoms with Gasteiger partial charge in [0.2, 0.25) is 0 Å². The molecule has 1 amide bonds. The third kappa shape index (κ3) is 4.35. The Morgan fingerprint density at radius 3 is 2.54 bits per heavy atom. The van der Waals surface area contributed by atoms with Crippen LogP contribution >= 0.6 is 0 Å². The smallest absolute Gasteiger partial charge is 0.407 e. The van der Waals surface area contributed by atoms with E-state index in [1.807, 2.05) is 34.9 Å². The summed E-state index contributed by atoms with van der Waals surface area (Å²) in [5.41, 5.74) is 1.92. The second-order valence-corrected chi connectivity index (χ2v) is 6.76. The van der Waals surface area contributed by atoms with E-state index in [9.17, 15) is 9.59 Å². The van der Waals surface area contributed by atoms with Gasteiger partial charge in [0.05, 0.1) is 37.3 Å². The van der Waals surface area contributed by atoms with E-state index < -0.39 is 12.1 Å². The predicted molar refractivity (Wildman–Crippen MR) is 105 cm³/mol. The van der Waals surface area contributed by atoms with Crippen LogP contribution < -0.4 is 5.32 Å². The second-order valence-electron chi connectivity index (χ2n) is 6.76. The molecule has 0 aliphatic heterocycles. The van der Waals surface area contributed by atoms with Crippen molar-refractivity contribution in [3.05, 3.63) is 42.4 Å². The van der Waals surface area contributed by atoms with E-state index in [4.69, 9.17) is 9.47 Å². The third-order valence-corrected chi connectivity index (χ3v) is 4.98. The summed E-state index contributed by atoms with van der Waals surface area (Å²) in [6, 6.07) is 9.59. The van der Waals surface area contributed by atoms with Crippen molar-refractivity contribution < 1.29 is 19.1 Å². The van der Waals surface area contributed by atoms with Gasteiger partial charge >= 0.3 is 12.1 Å². The van der Waals surface area contributed by atoms with Crippen LogP contribution in [0.3, 0.4) is 0 Å². The van der Waals surface area contributed by atoms with Gasteiger partial charge in [0.25, 0.3) is 0 Å². The molecule has 7 nitrogen and oxygen atoms in total. The zero-order chi connectivity index (χ0) is 19.9. The first-order valence-electron chi connectivity index (χ1n) is 9.88. The van der Waals surface area contributed by atoms with Crippen LogP contribution in [0.2, 0.25) is 0 Å². The van der Waals surface area contributed by atoms with Gasteiger partial charge in [-0.1, -0.05) is 43.2 Å². The summed E-state index contributed by atoms with van der Waals surface area (Å²) in [5.74, 6) is -0.439. The standard InChI is InChI=1S/C21H27N3O4/c1-3-27-20(25)18-19(15-10-6-5-7-11-15)24(14-22-18)17-13-9-8-12-16(17)23-21(26)28-4-2/h5-7,10-11,14,16-17H,3-4,8-9,12-13H2,1-2H3,(H,23,26). The largest absolute Gasteiger partial charge is 0.461 e. The first kappa shape index (κ1) is 19.9. The molecular formula is C21H27N3O4. The van der Waals surface area contributed by atoms with Gasteiger partial charge < -0.3 is 19.4 Å². The Hall–Kier alpha value is -2.83. The molecule has 150 valence electrons. The second kappa shape index (κ2) is 9.39. The van der Waals surface area contributed by atoms with Gasteiger partial charge in [0.15, 0.2) is 5.69 Å². The first-order valence-corrected chi connectivity index (χ1v) is 9.88. The van der Waals surface area contributed by atoms with Gasteiger partial charge in [-0.2, -0.15) is 0 Å². The number of esters is 1. The molecule has 1 heterocycles. The van der Waals surface area contributed by atoms with Crippen LogP contribution in [0.1, 0.15) is 56.1 Å². The lowest BCUT2D eigenvalue weighted by Crippen LogP contribution is -2.43. The molecule has 1 aromatic heterocycles. The molecule has 1 aliphatic rings. The molecule has 1 aliphatic carbocycles. The number of carbonyl (C=O) groups is 2. The molecule has 2 aromatic rings. The SMILES string of the molecule is CCOC(=O)NC1CCCCC1n1cnc(C(=O)OCC)c1-c1ccccc1. The van der Waals surface area contributed by atoms with E-state index in [1.165, 1.54) is 0 Å². The highest BCUT2D eigenvalue weighted by molar-refractivity contribution is 5.94. The van der Waals surface area contributed by atoms with Crippen molar-refractivity contribution in [2.45, 2.75) is 51.6 Å². The van der Waals surface area contributed by atoms with E-state index in [0.717, 1.165) is 36.9 Å². The molecular weight excluding hydrogens is 358 g/mol. The fraction of sp³-hybridized carbons (Fsp3) is 0.476. The number of imidazole rings is 1. The Bertz CT molecular complexity index is 803. The number of carbonyl (C=O) groups excluding carboxylic acids is 2. The molecule has 1 saturated carbocycles. The molecule has 3 rings (SSSR count). The molecule has 0 bridgehead atoms. The maximum atomic E-state index is 12.5. The Morgan fingerprint density at radius 2 is 1.82 bits per heavy atom. The molecule has 0 radical (unpaired) electrons. The van der Waals surface area contributed by atoms with Crippen LogP contribution in [-0.2, 0) is 9.47 Å². The molecule has 1 aromatic carbocycles. The fourth-order valence-corrected chi connectivity index (χ4v) is 3.78. The minimum Gasteiger partial charge on any atom is -0.461 e. The van der Waals surface area contributed by atoms with Crippen LogP contribution in [0.15, 0.2) is 36.7 Å². The van der Waals surface area contributed by atoms with Crippen molar-refractivity contribution in [3.8, 4) is 11.3 Å². The van der Waals surface area contributed by atoms with Crippen LogP contribution in [0.25, 0.3) is 11.3 Å². The predicted octanol–water partition coefficient (Wildman–Crippen LogP) is 3.96. The monoisotopic (exact) mass is 385 g/mol. The molecule has 2 atom stereocenters. The Morgan fingerprint density at radius 1 is 1.11 bits per heavy atom. The summed E-state index contributed by atoms with van der Waals surface area (Å²) < 4.78 is 12.3. The zero-order valence-corrected chi connectivity index (χ0v) is 16.4. The van der Waals surface area contributed by atoms with Crippen molar-refractivity contribution >= 4 is 12.1 Å². The van der Waals surface area contributed by atoms with Crippen LogP contribution in [0.4, 0.5) is 4.79 Å². The van der Waals surface area contributed by atoms with E-state index in [1.54, 1.807) is 20.2 Å². The molecule has 1 fully saturated rings. The quantitative estimate of drug-likeness (QED) is 0.761. The Balaban J connectivity index is 1.99. The van der Waals surface area contributed by atoms with Gasteiger partial charge in [0.1, 0.15) is 0 Å². The average Bonchev–Trinajstić information content (AvgIpc) is 3.14. The first-order chi connectivity index (χ1) is 13.7. The number of hydrogen-bond donors (Lipinski definition) is 1. The number of nitrogens with zero attached hydrogens (tertiary/aromatic N) is 2. The van der Waals surface area contributed by atoms with Crippen molar-refractivity contribution in [3.63, 3.8) is 0 Å². The number of aromatic nitrogens is 2. The summed E-state index contributed by atoms with van der Waals surface area (Å²) in [6.45, 7) is 4.18. The number of nitrogens with one attached hydrogen (secondary N) is 1. The molecule has 0 saturated heterocycles. The number of rotatable bonds is 6. The molecule has 2 unspecified atom stereocenters. The van der Waals surface area contributed by atoms with E-state index in [-0.39, 0.29) is 18.7 Å². The van der Waals surface area contributed by atoms with E-state index in [0.29, 0.717) is 12.3 Å². The lowest BCUT2D eigenvalue weighted by molar-refractivity contribution is 0.0520. The summed E-state index contributed by atoms with van der Waals surface area (Å²) in [5, 5.41) is 2.98. The summed E-state index contributed by atoms with van der Waals surface area (Å²) in [6.07, 6.45) is 5.09. The summed E-state index contributed by atoms with van der Waals surface area (Å²) in [4.78, 5) is 28.9. The number of amides is 1. The fourth-order valence-electron chi connectivity index (χ4n) is 3.78. The van der Waals surface area contributed by atoms with Gasteiger partial charge in [-0.05, 0) is 26.7 Å².